The largest absolute Gasteiger partial charge is 0.0654 e. The van der Waals surface area contributed by atoms with Gasteiger partial charge in [0.15, 0.2) is 0 Å². The Kier molecular flexibility index (Phi) is 7.15. The fraction of sp³-hybridized carbons (Fsp3) is 0.520. The predicted molar refractivity (Wildman–Crippen MR) is 110 cm³/mol. The van der Waals surface area contributed by atoms with E-state index in [1.54, 1.807) is 0 Å². The van der Waals surface area contributed by atoms with E-state index in [4.69, 9.17) is 0 Å². The molecule has 1 saturated carbocycles. The maximum Gasteiger partial charge on any atom is -0.0184 e. The van der Waals surface area contributed by atoms with E-state index in [9.17, 15) is 0 Å². The van der Waals surface area contributed by atoms with Crippen LogP contribution in [-0.2, 0) is 6.42 Å². The molecule has 0 amide bonds. The molecular weight excluding hydrogens is 300 g/mol. The van der Waals surface area contributed by atoms with Crippen molar-refractivity contribution in [3.8, 4) is 11.1 Å². The molecule has 2 aromatic rings. The molecule has 25 heavy (non-hydrogen) atoms. The normalized spacial score (nSPS) is 20.5. The van der Waals surface area contributed by atoms with Gasteiger partial charge in [0.05, 0.1) is 0 Å². The lowest BCUT2D eigenvalue weighted by atomic mass is 9.78. The first-order valence-electron chi connectivity index (χ1n) is 10.5. The summed E-state index contributed by atoms with van der Waals surface area (Å²) in [6, 6.07) is 19.9. The Hall–Kier alpha value is -1.56. The van der Waals surface area contributed by atoms with E-state index in [0.717, 1.165) is 11.8 Å². The Morgan fingerprint density at radius 2 is 1.28 bits per heavy atom. The van der Waals surface area contributed by atoms with Gasteiger partial charge < -0.3 is 0 Å². The van der Waals surface area contributed by atoms with Crippen molar-refractivity contribution in [3.63, 3.8) is 0 Å². The number of aryl methyl sites for hydroxylation is 1. The third kappa shape index (κ3) is 5.73. The van der Waals surface area contributed by atoms with Crippen molar-refractivity contribution >= 4 is 0 Å². The minimum atomic E-state index is 0.969. The molecule has 1 aliphatic carbocycles. The van der Waals surface area contributed by atoms with Crippen LogP contribution in [0.5, 0.6) is 0 Å². The summed E-state index contributed by atoms with van der Waals surface area (Å²) in [6.07, 6.45) is 14.3. The highest BCUT2D eigenvalue weighted by atomic mass is 14.3. The average molecular weight is 335 g/mol. The van der Waals surface area contributed by atoms with Crippen LogP contribution in [0.4, 0.5) is 0 Å². The smallest absolute Gasteiger partial charge is 0.0184 e. The van der Waals surface area contributed by atoms with Gasteiger partial charge in [0, 0.05) is 0 Å². The van der Waals surface area contributed by atoms with Crippen LogP contribution in [0.25, 0.3) is 11.1 Å². The fourth-order valence-electron chi connectivity index (χ4n) is 4.36. The number of benzene rings is 2. The van der Waals surface area contributed by atoms with Crippen molar-refractivity contribution in [1.82, 2.24) is 0 Å². The van der Waals surface area contributed by atoms with Crippen molar-refractivity contribution in [2.75, 3.05) is 0 Å². The highest BCUT2D eigenvalue weighted by Gasteiger charge is 2.20. The van der Waals surface area contributed by atoms with Crippen molar-refractivity contribution in [2.45, 2.75) is 71.1 Å². The van der Waals surface area contributed by atoms with Gasteiger partial charge in [-0.2, -0.15) is 0 Å². The molecule has 0 heterocycles. The van der Waals surface area contributed by atoms with Gasteiger partial charge in [0.1, 0.15) is 0 Å². The van der Waals surface area contributed by atoms with Gasteiger partial charge in [0.2, 0.25) is 0 Å². The quantitative estimate of drug-likeness (QED) is 0.434. The first kappa shape index (κ1) is 18.2. The third-order valence-electron chi connectivity index (χ3n) is 6.08. The van der Waals surface area contributed by atoms with Gasteiger partial charge in [0.25, 0.3) is 0 Å². The topological polar surface area (TPSA) is 0 Å². The van der Waals surface area contributed by atoms with Crippen LogP contribution >= 0.6 is 0 Å². The molecule has 1 aliphatic rings. The Morgan fingerprint density at radius 3 is 1.92 bits per heavy atom. The van der Waals surface area contributed by atoms with Crippen LogP contribution < -0.4 is 0 Å². The highest BCUT2D eigenvalue weighted by Crippen LogP contribution is 2.34. The van der Waals surface area contributed by atoms with Gasteiger partial charge in [-0.25, -0.2) is 0 Å². The molecule has 0 unspecified atom stereocenters. The lowest BCUT2D eigenvalue weighted by molar-refractivity contribution is 0.249. The zero-order valence-corrected chi connectivity index (χ0v) is 15.9. The lowest BCUT2D eigenvalue weighted by Gasteiger charge is -2.28. The lowest BCUT2D eigenvalue weighted by Crippen LogP contribution is -2.15. The second kappa shape index (κ2) is 9.80. The number of rotatable bonds is 8. The molecule has 2 aromatic carbocycles. The maximum atomic E-state index is 2.33. The van der Waals surface area contributed by atoms with Gasteiger partial charge in [-0.05, 0) is 41.4 Å². The SMILES string of the molecule is CCCCCC1CCC(CCc2ccc(-c3ccccc3)cc2)CC1. The maximum absolute atomic E-state index is 2.33. The van der Waals surface area contributed by atoms with Gasteiger partial charge >= 0.3 is 0 Å². The summed E-state index contributed by atoms with van der Waals surface area (Å²) >= 11 is 0. The summed E-state index contributed by atoms with van der Waals surface area (Å²) in [4.78, 5) is 0. The van der Waals surface area contributed by atoms with E-state index < -0.39 is 0 Å². The summed E-state index contributed by atoms with van der Waals surface area (Å²) in [5, 5.41) is 0. The van der Waals surface area contributed by atoms with Crippen molar-refractivity contribution in [2.24, 2.45) is 11.8 Å². The second-order valence-corrected chi connectivity index (χ2v) is 7.98. The molecule has 0 N–H and O–H groups in total. The van der Waals surface area contributed by atoms with E-state index in [2.05, 4.69) is 61.5 Å². The highest BCUT2D eigenvalue weighted by molar-refractivity contribution is 5.63. The number of hydrogen-bond acceptors (Lipinski definition) is 0. The molecule has 3 rings (SSSR count). The molecule has 0 saturated heterocycles. The van der Waals surface area contributed by atoms with E-state index in [1.165, 1.54) is 80.9 Å². The number of hydrogen-bond donors (Lipinski definition) is 0. The van der Waals surface area contributed by atoms with Crippen LogP contribution in [0, 0.1) is 11.8 Å². The Labute approximate surface area is 154 Å². The first-order valence-corrected chi connectivity index (χ1v) is 10.5. The molecule has 0 nitrogen and oxygen atoms in total. The molecule has 0 bridgehead atoms. The van der Waals surface area contributed by atoms with Crippen LogP contribution in [0.2, 0.25) is 0 Å². The van der Waals surface area contributed by atoms with E-state index in [-0.39, 0.29) is 0 Å². The third-order valence-corrected chi connectivity index (χ3v) is 6.08. The van der Waals surface area contributed by atoms with E-state index in [1.807, 2.05) is 0 Å². The molecule has 0 radical (unpaired) electrons. The van der Waals surface area contributed by atoms with E-state index >= 15 is 0 Å². The molecule has 0 aliphatic heterocycles. The first-order chi connectivity index (χ1) is 12.3. The zero-order valence-electron chi connectivity index (χ0n) is 15.9. The standard InChI is InChI=1S/C25H34/c1-2-3-5-8-21-11-13-22(14-12-21)15-16-23-17-19-25(20-18-23)24-9-6-4-7-10-24/h4,6-7,9-10,17-22H,2-3,5,8,11-16H2,1H3. The van der Waals surface area contributed by atoms with Gasteiger partial charge in [-0.15, -0.1) is 0 Å². The van der Waals surface area contributed by atoms with Gasteiger partial charge in [-0.1, -0.05) is 113 Å². The molecule has 1 fully saturated rings. The van der Waals surface area contributed by atoms with Gasteiger partial charge in [-0.3, -0.25) is 0 Å². The molecule has 0 spiro atoms. The summed E-state index contributed by atoms with van der Waals surface area (Å²) in [7, 11) is 0. The summed E-state index contributed by atoms with van der Waals surface area (Å²) in [6.45, 7) is 2.31. The van der Waals surface area contributed by atoms with Crippen LogP contribution in [0.15, 0.2) is 54.6 Å². The molecule has 0 atom stereocenters. The minimum Gasteiger partial charge on any atom is -0.0654 e. The monoisotopic (exact) mass is 334 g/mol. The zero-order chi connectivity index (χ0) is 17.3. The fourth-order valence-corrected chi connectivity index (χ4v) is 4.36. The molecule has 0 heteroatoms. The molecular formula is C25H34. The van der Waals surface area contributed by atoms with E-state index in [0.29, 0.717) is 0 Å². The van der Waals surface area contributed by atoms with Crippen LogP contribution in [-0.4, -0.2) is 0 Å². The molecule has 0 aromatic heterocycles. The molecule has 134 valence electrons. The predicted octanol–water partition coefficient (Wildman–Crippen LogP) is 7.67. The van der Waals surface area contributed by atoms with Crippen molar-refractivity contribution in [1.29, 1.82) is 0 Å². The van der Waals surface area contributed by atoms with Crippen molar-refractivity contribution in [3.05, 3.63) is 60.2 Å². The Bertz CT molecular complexity index is 588. The summed E-state index contributed by atoms with van der Waals surface area (Å²) in [5.74, 6) is 2.00. The van der Waals surface area contributed by atoms with Crippen LogP contribution in [0.1, 0.15) is 70.3 Å². The Balaban J connectivity index is 1.41. The average Bonchev–Trinajstić information content (AvgIpc) is 2.69. The number of unbranched alkanes of at least 4 members (excludes halogenated alkanes) is 2. The summed E-state index contributed by atoms with van der Waals surface area (Å²) in [5.41, 5.74) is 4.15. The minimum absolute atomic E-state index is 0.969. The van der Waals surface area contributed by atoms with Crippen molar-refractivity contribution < 1.29 is 0 Å². The Morgan fingerprint density at radius 1 is 0.680 bits per heavy atom. The second-order valence-electron chi connectivity index (χ2n) is 7.98. The summed E-state index contributed by atoms with van der Waals surface area (Å²) < 4.78 is 0. The van der Waals surface area contributed by atoms with Crippen LogP contribution in [0.3, 0.4) is 0 Å².